The van der Waals surface area contributed by atoms with Crippen LogP contribution in [0.25, 0.3) is 10.8 Å². The number of hydrogen-bond acceptors (Lipinski definition) is 4. The Kier molecular flexibility index (Phi) is 4.25. The molecule has 3 N–H and O–H groups in total. The third kappa shape index (κ3) is 2.90. The van der Waals surface area contributed by atoms with Crippen LogP contribution in [0.1, 0.15) is 31.8 Å². The van der Waals surface area contributed by atoms with Crippen LogP contribution in [0.2, 0.25) is 0 Å². The van der Waals surface area contributed by atoms with E-state index in [1.807, 2.05) is 24.3 Å². The largest absolute Gasteiger partial charge is 0.478 e. The van der Waals surface area contributed by atoms with Crippen molar-refractivity contribution in [2.75, 3.05) is 13.2 Å². The SMILES string of the molecule is O=C(NCCO)c1ccc2c3c(ccc2c1C(=O)O)Oc1ccccc1C3. The molecular weight excluding hydrogens is 346 g/mol. The molecule has 0 fully saturated rings. The number of aromatic carboxylic acids is 1. The van der Waals surface area contributed by atoms with E-state index in [2.05, 4.69) is 5.32 Å². The summed E-state index contributed by atoms with van der Waals surface area (Å²) in [6.45, 7) is -0.156. The number of aliphatic hydroxyl groups excluding tert-OH is 1. The van der Waals surface area contributed by atoms with Gasteiger partial charge in [0.25, 0.3) is 5.91 Å². The van der Waals surface area contributed by atoms with Gasteiger partial charge in [-0.3, -0.25) is 4.79 Å². The summed E-state index contributed by atoms with van der Waals surface area (Å²) < 4.78 is 5.96. The van der Waals surface area contributed by atoms with E-state index in [-0.39, 0.29) is 24.3 Å². The van der Waals surface area contributed by atoms with Crippen molar-refractivity contribution >= 4 is 22.6 Å². The summed E-state index contributed by atoms with van der Waals surface area (Å²) in [6, 6.07) is 14.4. The molecule has 0 saturated heterocycles. The van der Waals surface area contributed by atoms with Crippen molar-refractivity contribution in [1.82, 2.24) is 5.32 Å². The Morgan fingerprint density at radius 3 is 2.56 bits per heavy atom. The van der Waals surface area contributed by atoms with Gasteiger partial charge in [0.05, 0.1) is 17.7 Å². The summed E-state index contributed by atoms with van der Waals surface area (Å²) >= 11 is 0. The van der Waals surface area contributed by atoms with Gasteiger partial charge >= 0.3 is 5.97 Å². The molecule has 0 spiro atoms. The molecule has 1 aliphatic rings. The number of hydrogen-bond donors (Lipinski definition) is 3. The molecule has 6 heteroatoms. The fraction of sp³-hybridized carbons (Fsp3) is 0.143. The number of fused-ring (bicyclic) bond motifs is 4. The highest BCUT2D eigenvalue weighted by atomic mass is 16.5. The average Bonchev–Trinajstić information content (AvgIpc) is 2.69. The van der Waals surface area contributed by atoms with Gasteiger partial charge in [0.2, 0.25) is 0 Å². The minimum atomic E-state index is -1.17. The first-order chi connectivity index (χ1) is 13.1. The fourth-order valence-electron chi connectivity index (χ4n) is 3.47. The average molecular weight is 363 g/mol. The molecule has 3 aromatic carbocycles. The Balaban J connectivity index is 1.88. The third-order valence-electron chi connectivity index (χ3n) is 4.69. The molecular formula is C21H17NO5. The van der Waals surface area contributed by atoms with Gasteiger partial charge in [-0.1, -0.05) is 24.3 Å². The highest BCUT2D eigenvalue weighted by Gasteiger charge is 2.24. The summed E-state index contributed by atoms with van der Waals surface area (Å²) in [4.78, 5) is 24.2. The molecule has 0 unspecified atom stereocenters. The normalized spacial score (nSPS) is 12.0. The van der Waals surface area contributed by atoms with E-state index in [4.69, 9.17) is 9.84 Å². The monoisotopic (exact) mass is 363 g/mol. The van der Waals surface area contributed by atoms with Crippen LogP contribution in [0, 0.1) is 0 Å². The second kappa shape index (κ2) is 6.74. The topological polar surface area (TPSA) is 95.9 Å². The van der Waals surface area contributed by atoms with E-state index in [0.29, 0.717) is 17.6 Å². The van der Waals surface area contributed by atoms with E-state index in [0.717, 1.165) is 22.3 Å². The van der Waals surface area contributed by atoms with Crippen LogP contribution < -0.4 is 10.1 Å². The first kappa shape index (κ1) is 17.1. The molecule has 136 valence electrons. The van der Waals surface area contributed by atoms with Gasteiger partial charge < -0.3 is 20.3 Å². The van der Waals surface area contributed by atoms with Crippen molar-refractivity contribution in [3.8, 4) is 11.5 Å². The van der Waals surface area contributed by atoms with Crippen LogP contribution >= 0.6 is 0 Å². The first-order valence-electron chi connectivity index (χ1n) is 8.57. The molecule has 0 atom stereocenters. The van der Waals surface area contributed by atoms with Gasteiger partial charge in [-0.25, -0.2) is 4.79 Å². The van der Waals surface area contributed by atoms with Crippen LogP contribution in [-0.2, 0) is 6.42 Å². The van der Waals surface area contributed by atoms with Crippen LogP contribution in [0.5, 0.6) is 11.5 Å². The third-order valence-corrected chi connectivity index (χ3v) is 4.69. The first-order valence-corrected chi connectivity index (χ1v) is 8.57. The summed E-state index contributed by atoms with van der Waals surface area (Å²) in [7, 11) is 0. The van der Waals surface area contributed by atoms with Gasteiger partial charge in [0.15, 0.2) is 0 Å². The predicted molar refractivity (Wildman–Crippen MR) is 99.6 cm³/mol. The lowest BCUT2D eigenvalue weighted by Crippen LogP contribution is -2.28. The number of benzene rings is 3. The van der Waals surface area contributed by atoms with E-state index < -0.39 is 11.9 Å². The molecule has 0 aliphatic carbocycles. The molecule has 4 rings (SSSR count). The molecule has 0 bridgehead atoms. The number of aliphatic hydroxyl groups is 1. The van der Waals surface area contributed by atoms with E-state index in [1.54, 1.807) is 18.2 Å². The Hall–Kier alpha value is -3.38. The van der Waals surface area contributed by atoms with Gasteiger partial charge in [-0.15, -0.1) is 0 Å². The number of ether oxygens (including phenoxy) is 1. The lowest BCUT2D eigenvalue weighted by molar-refractivity contribution is 0.0693. The molecule has 27 heavy (non-hydrogen) atoms. The van der Waals surface area contributed by atoms with Crippen molar-refractivity contribution in [2.45, 2.75) is 6.42 Å². The van der Waals surface area contributed by atoms with Crippen LogP contribution in [-0.4, -0.2) is 35.2 Å². The van der Waals surface area contributed by atoms with Gasteiger partial charge in [0.1, 0.15) is 11.5 Å². The van der Waals surface area contributed by atoms with Crippen LogP contribution in [0.15, 0.2) is 48.5 Å². The summed E-state index contributed by atoms with van der Waals surface area (Å²) in [5.74, 6) is -0.215. The molecule has 6 nitrogen and oxygen atoms in total. The molecule has 1 amide bonds. The van der Waals surface area contributed by atoms with E-state index >= 15 is 0 Å². The molecule has 1 heterocycles. The predicted octanol–water partition coefficient (Wildman–Crippen LogP) is 2.96. The zero-order chi connectivity index (χ0) is 19.0. The minimum Gasteiger partial charge on any atom is -0.478 e. The second-order valence-corrected chi connectivity index (χ2v) is 6.30. The quantitative estimate of drug-likeness (QED) is 0.518. The maximum Gasteiger partial charge on any atom is 0.337 e. The van der Waals surface area contributed by atoms with Crippen LogP contribution in [0.3, 0.4) is 0 Å². The Morgan fingerprint density at radius 2 is 1.78 bits per heavy atom. The van der Waals surface area contributed by atoms with E-state index in [9.17, 15) is 14.7 Å². The Bertz CT molecular complexity index is 1070. The van der Waals surface area contributed by atoms with Gasteiger partial charge in [-0.05, 0) is 40.6 Å². The highest BCUT2D eigenvalue weighted by molar-refractivity contribution is 6.14. The minimum absolute atomic E-state index is 0.0513. The lowest BCUT2D eigenvalue weighted by Gasteiger charge is -2.22. The van der Waals surface area contributed by atoms with Gasteiger partial charge in [-0.2, -0.15) is 0 Å². The number of nitrogens with one attached hydrogen (secondary N) is 1. The number of carbonyl (C=O) groups is 2. The van der Waals surface area contributed by atoms with Crippen molar-refractivity contribution in [3.63, 3.8) is 0 Å². The number of para-hydroxylation sites is 1. The standard InChI is InChI=1S/C21H17NO5/c23-10-9-22-20(24)15-6-5-13-14(19(15)21(25)26)7-8-18-16(13)11-12-3-1-2-4-17(12)27-18/h1-8,23H,9-11H2,(H,22,24)(H,25,26). The number of carbonyl (C=O) groups excluding carboxylic acids is 1. The molecule has 1 aliphatic heterocycles. The highest BCUT2D eigenvalue weighted by Crippen LogP contribution is 2.41. The summed E-state index contributed by atoms with van der Waals surface area (Å²) in [5, 5.41) is 22.4. The molecule has 0 aromatic heterocycles. The molecule has 0 saturated carbocycles. The fourth-order valence-corrected chi connectivity index (χ4v) is 3.47. The van der Waals surface area contributed by atoms with Crippen molar-refractivity contribution in [3.05, 3.63) is 70.8 Å². The maximum absolute atomic E-state index is 12.3. The Labute approximate surface area is 155 Å². The van der Waals surface area contributed by atoms with Crippen molar-refractivity contribution in [2.24, 2.45) is 0 Å². The Morgan fingerprint density at radius 1 is 1.00 bits per heavy atom. The molecule has 0 radical (unpaired) electrons. The van der Waals surface area contributed by atoms with Crippen LogP contribution in [0.4, 0.5) is 0 Å². The van der Waals surface area contributed by atoms with Crippen molar-refractivity contribution < 1.29 is 24.5 Å². The lowest BCUT2D eigenvalue weighted by atomic mass is 9.91. The van der Waals surface area contributed by atoms with Crippen molar-refractivity contribution in [1.29, 1.82) is 0 Å². The van der Waals surface area contributed by atoms with E-state index in [1.165, 1.54) is 6.07 Å². The zero-order valence-corrected chi connectivity index (χ0v) is 14.4. The number of carboxylic acid groups (broad SMARTS) is 1. The number of carboxylic acids is 1. The molecule has 3 aromatic rings. The zero-order valence-electron chi connectivity index (χ0n) is 14.4. The second-order valence-electron chi connectivity index (χ2n) is 6.30. The number of amides is 1. The number of rotatable bonds is 4. The van der Waals surface area contributed by atoms with Gasteiger partial charge in [0, 0.05) is 18.5 Å². The smallest absolute Gasteiger partial charge is 0.337 e. The summed E-state index contributed by atoms with van der Waals surface area (Å²) in [5.41, 5.74) is 1.94. The summed E-state index contributed by atoms with van der Waals surface area (Å²) in [6.07, 6.45) is 0.623. The maximum atomic E-state index is 12.3.